The van der Waals surface area contributed by atoms with Crippen LogP contribution in [0.3, 0.4) is 0 Å². The van der Waals surface area contributed by atoms with E-state index in [9.17, 15) is 18.8 Å². The summed E-state index contributed by atoms with van der Waals surface area (Å²) in [6.45, 7) is 3.22. The third-order valence-corrected chi connectivity index (χ3v) is 5.14. The van der Waals surface area contributed by atoms with Gasteiger partial charge in [0.25, 0.3) is 5.91 Å². The molecule has 1 aliphatic rings. The predicted octanol–water partition coefficient (Wildman–Crippen LogP) is 3.84. The van der Waals surface area contributed by atoms with Crippen LogP contribution in [0.1, 0.15) is 31.4 Å². The van der Waals surface area contributed by atoms with Crippen molar-refractivity contribution >= 4 is 35.1 Å². The summed E-state index contributed by atoms with van der Waals surface area (Å²) in [5, 5.41) is 5.03. The summed E-state index contributed by atoms with van der Waals surface area (Å²) in [6.07, 6.45) is 1.94. The van der Waals surface area contributed by atoms with Gasteiger partial charge in [-0.2, -0.15) is 0 Å². The van der Waals surface area contributed by atoms with Crippen molar-refractivity contribution in [3.8, 4) is 0 Å². The highest BCUT2D eigenvalue weighted by molar-refractivity contribution is 6.31. The lowest BCUT2D eigenvalue weighted by Crippen LogP contribution is -2.42. The first kappa shape index (κ1) is 20.8. The minimum atomic E-state index is -1.25. The topological polar surface area (TPSA) is 78.5 Å². The van der Waals surface area contributed by atoms with Crippen molar-refractivity contribution in [2.45, 2.75) is 32.2 Å². The highest BCUT2D eigenvalue weighted by atomic mass is 35.5. The number of imide groups is 1. The van der Waals surface area contributed by atoms with Crippen LogP contribution in [-0.2, 0) is 21.5 Å². The Kier molecular flexibility index (Phi) is 5.88. The molecule has 8 heteroatoms. The van der Waals surface area contributed by atoms with Gasteiger partial charge < -0.3 is 10.6 Å². The minimum Gasteiger partial charge on any atom is -0.324 e. The van der Waals surface area contributed by atoms with Crippen LogP contribution in [-0.4, -0.2) is 29.3 Å². The van der Waals surface area contributed by atoms with Gasteiger partial charge in [0.15, 0.2) is 0 Å². The lowest BCUT2D eigenvalue weighted by atomic mass is 9.91. The average Bonchev–Trinajstić information content (AvgIpc) is 2.89. The van der Waals surface area contributed by atoms with Crippen LogP contribution in [0.4, 0.5) is 14.9 Å². The molecule has 4 amide bonds. The predicted molar refractivity (Wildman–Crippen MR) is 108 cm³/mol. The van der Waals surface area contributed by atoms with Crippen molar-refractivity contribution in [3.63, 3.8) is 0 Å². The van der Waals surface area contributed by atoms with Gasteiger partial charge in [0.05, 0.1) is 5.02 Å². The Bertz CT molecular complexity index is 964. The number of hydrogen-bond acceptors (Lipinski definition) is 3. The molecule has 0 aromatic heterocycles. The highest BCUT2D eigenvalue weighted by Gasteiger charge is 2.49. The molecule has 6 nitrogen and oxygen atoms in total. The van der Waals surface area contributed by atoms with Crippen LogP contribution in [0.5, 0.6) is 0 Å². The second kappa shape index (κ2) is 8.21. The third kappa shape index (κ3) is 4.24. The Morgan fingerprint density at radius 2 is 1.90 bits per heavy atom. The van der Waals surface area contributed by atoms with Gasteiger partial charge in [-0.15, -0.1) is 0 Å². The maximum absolute atomic E-state index is 13.2. The van der Waals surface area contributed by atoms with E-state index < -0.39 is 35.7 Å². The second-order valence-electron chi connectivity index (χ2n) is 7.07. The lowest BCUT2D eigenvalue weighted by Gasteiger charge is -2.22. The van der Waals surface area contributed by atoms with E-state index in [2.05, 4.69) is 17.6 Å². The Balaban J connectivity index is 1.72. The maximum atomic E-state index is 13.2. The Morgan fingerprint density at radius 1 is 1.21 bits per heavy atom. The largest absolute Gasteiger partial charge is 0.325 e. The monoisotopic (exact) mass is 417 g/mol. The van der Waals surface area contributed by atoms with Gasteiger partial charge in [-0.25, -0.2) is 9.18 Å². The number of carbonyl (C=O) groups is 3. The van der Waals surface area contributed by atoms with Gasteiger partial charge in [0.1, 0.15) is 17.9 Å². The van der Waals surface area contributed by atoms with Crippen molar-refractivity contribution in [1.82, 2.24) is 10.2 Å². The van der Waals surface area contributed by atoms with Gasteiger partial charge in [0.2, 0.25) is 5.91 Å². The second-order valence-corrected chi connectivity index (χ2v) is 7.48. The molecule has 0 aliphatic carbocycles. The van der Waals surface area contributed by atoms with E-state index in [0.29, 0.717) is 5.56 Å². The molecule has 29 heavy (non-hydrogen) atoms. The Labute approximate surface area is 173 Å². The quantitative estimate of drug-likeness (QED) is 0.701. The SMILES string of the molecule is CCCc1ccc([C@]2(C)NC(=O)N(CC(=O)Nc3ccc(F)c(Cl)c3)C2=O)cc1. The smallest absolute Gasteiger partial charge is 0.324 e. The number of carbonyl (C=O) groups excluding carboxylic acids is 3. The summed E-state index contributed by atoms with van der Waals surface area (Å²) in [7, 11) is 0. The van der Waals surface area contributed by atoms with Crippen molar-refractivity contribution in [2.24, 2.45) is 0 Å². The van der Waals surface area contributed by atoms with Crippen LogP contribution >= 0.6 is 11.6 Å². The minimum absolute atomic E-state index is 0.142. The number of anilines is 1. The zero-order chi connectivity index (χ0) is 21.2. The summed E-state index contributed by atoms with van der Waals surface area (Å²) >= 11 is 5.70. The number of nitrogens with zero attached hydrogens (tertiary/aromatic N) is 1. The molecule has 1 heterocycles. The lowest BCUT2D eigenvalue weighted by molar-refractivity contribution is -0.133. The van der Waals surface area contributed by atoms with Crippen LogP contribution < -0.4 is 10.6 Å². The molecule has 2 N–H and O–H groups in total. The fraction of sp³-hybridized carbons (Fsp3) is 0.286. The highest BCUT2D eigenvalue weighted by Crippen LogP contribution is 2.29. The van der Waals surface area contributed by atoms with Gasteiger partial charge in [0, 0.05) is 5.69 Å². The molecule has 1 aliphatic heterocycles. The van der Waals surface area contributed by atoms with Gasteiger partial charge in [-0.1, -0.05) is 49.2 Å². The summed E-state index contributed by atoms with van der Waals surface area (Å²) in [5.41, 5.74) is 0.804. The summed E-state index contributed by atoms with van der Waals surface area (Å²) in [5.74, 6) is -1.73. The fourth-order valence-electron chi connectivity index (χ4n) is 3.25. The number of amides is 4. The molecule has 2 aromatic rings. The maximum Gasteiger partial charge on any atom is 0.325 e. The molecule has 1 atom stereocenters. The van der Waals surface area contributed by atoms with Crippen LogP contribution in [0.15, 0.2) is 42.5 Å². The van der Waals surface area contributed by atoms with E-state index in [1.54, 1.807) is 6.92 Å². The standard InChI is InChI=1S/C21H21ClFN3O3/c1-3-4-13-5-7-14(8-6-13)21(2)19(28)26(20(29)25-21)12-18(27)24-15-9-10-17(23)16(22)11-15/h5-11H,3-4,12H2,1-2H3,(H,24,27)(H,25,29)/t21-/m0/s1. The Hall–Kier alpha value is -2.93. The molecular formula is C21H21ClFN3O3. The Morgan fingerprint density at radius 3 is 2.52 bits per heavy atom. The molecule has 1 fully saturated rings. The number of nitrogens with one attached hydrogen (secondary N) is 2. The zero-order valence-electron chi connectivity index (χ0n) is 16.1. The number of hydrogen-bond donors (Lipinski definition) is 2. The molecule has 0 spiro atoms. The molecular weight excluding hydrogens is 397 g/mol. The third-order valence-electron chi connectivity index (χ3n) is 4.85. The van der Waals surface area contributed by atoms with Crippen LogP contribution in [0.2, 0.25) is 5.02 Å². The fourth-order valence-corrected chi connectivity index (χ4v) is 3.43. The first-order chi connectivity index (χ1) is 13.7. The average molecular weight is 418 g/mol. The number of halogens is 2. The molecule has 0 unspecified atom stereocenters. The zero-order valence-corrected chi connectivity index (χ0v) is 16.8. The van der Waals surface area contributed by atoms with E-state index >= 15 is 0 Å². The van der Waals surface area contributed by atoms with Gasteiger partial charge in [-0.3, -0.25) is 14.5 Å². The first-order valence-electron chi connectivity index (χ1n) is 9.23. The van der Waals surface area contributed by atoms with E-state index in [1.807, 2.05) is 24.3 Å². The van der Waals surface area contributed by atoms with Gasteiger partial charge in [-0.05, 0) is 42.7 Å². The molecule has 1 saturated heterocycles. The molecule has 0 saturated carbocycles. The van der Waals surface area contributed by atoms with E-state index in [4.69, 9.17) is 11.6 Å². The first-order valence-corrected chi connectivity index (χ1v) is 9.61. The molecule has 152 valence electrons. The van der Waals surface area contributed by atoms with Crippen molar-refractivity contribution in [2.75, 3.05) is 11.9 Å². The van der Waals surface area contributed by atoms with Crippen molar-refractivity contribution in [1.29, 1.82) is 0 Å². The normalized spacial score (nSPS) is 18.7. The number of rotatable bonds is 6. The van der Waals surface area contributed by atoms with Crippen LogP contribution in [0.25, 0.3) is 0 Å². The van der Waals surface area contributed by atoms with E-state index in [0.717, 1.165) is 29.4 Å². The molecule has 2 aromatic carbocycles. The number of aryl methyl sites for hydroxylation is 1. The molecule has 0 radical (unpaired) electrons. The number of benzene rings is 2. The summed E-state index contributed by atoms with van der Waals surface area (Å²) < 4.78 is 13.2. The van der Waals surface area contributed by atoms with Crippen LogP contribution in [0, 0.1) is 5.82 Å². The van der Waals surface area contributed by atoms with E-state index in [-0.39, 0.29) is 10.7 Å². The summed E-state index contributed by atoms with van der Waals surface area (Å²) in [4.78, 5) is 38.5. The van der Waals surface area contributed by atoms with Gasteiger partial charge >= 0.3 is 6.03 Å². The van der Waals surface area contributed by atoms with Crippen molar-refractivity contribution < 1.29 is 18.8 Å². The van der Waals surface area contributed by atoms with Crippen molar-refractivity contribution in [3.05, 3.63) is 64.4 Å². The van der Waals surface area contributed by atoms with E-state index in [1.165, 1.54) is 12.1 Å². The molecule has 3 rings (SSSR count). The molecule has 0 bridgehead atoms. The number of urea groups is 1. The summed E-state index contributed by atoms with van der Waals surface area (Å²) in [6, 6.07) is 10.5.